The summed E-state index contributed by atoms with van der Waals surface area (Å²) < 4.78 is 7.82. The zero-order valence-corrected chi connectivity index (χ0v) is 22.2. The standard InChI is InChI=1S/C26H42IN3O/c1-5-29(6-2)19-11-9-13-23(14-10-12-20-30(7-3)8-4)31-26-17-18-28-25-21-22(27)15-16-24(25)26/h15-18,21,23H,5-14,19-20H2,1-4H3. The monoisotopic (exact) mass is 539 g/mol. The summed E-state index contributed by atoms with van der Waals surface area (Å²) in [6, 6.07) is 8.46. The van der Waals surface area contributed by atoms with E-state index in [0.29, 0.717) is 0 Å². The third kappa shape index (κ3) is 9.22. The summed E-state index contributed by atoms with van der Waals surface area (Å²) in [5.41, 5.74) is 1.02. The van der Waals surface area contributed by atoms with Crippen LogP contribution in [-0.2, 0) is 0 Å². The maximum atomic E-state index is 6.62. The third-order valence-electron chi connectivity index (χ3n) is 6.25. The Morgan fingerprint density at radius 1 is 0.839 bits per heavy atom. The number of halogens is 1. The van der Waals surface area contributed by atoms with Gasteiger partial charge in [0.25, 0.3) is 0 Å². The Balaban J connectivity index is 1.97. The fourth-order valence-corrected chi connectivity index (χ4v) is 4.61. The highest BCUT2D eigenvalue weighted by Crippen LogP contribution is 2.28. The van der Waals surface area contributed by atoms with Crippen LogP contribution in [0.2, 0.25) is 0 Å². The SMILES string of the molecule is CCN(CC)CCCCC(CCCCN(CC)CC)Oc1ccnc2cc(I)ccc12. The van der Waals surface area contributed by atoms with Crippen molar-refractivity contribution in [3.05, 3.63) is 34.0 Å². The molecule has 1 aromatic carbocycles. The molecule has 0 aliphatic carbocycles. The van der Waals surface area contributed by atoms with Gasteiger partial charge >= 0.3 is 0 Å². The number of hydrogen-bond donors (Lipinski definition) is 0. The fourth-order valence-electron chi connectivity index (χ4n) is 4.13. The van der Waals surface area contributed by atoms with Crippen LogP contribution in [0.4, 0.5) is 0 Å². The van der Waals surface area contributed by atoms with Gasteiger partial charge in [0.1, 0.15) is 5.75 Å². The van der Waals surface area contributed by atoms with Crippen molar-refractivity contribution in [1.82, 2.24) is 14.8 Å². The summed E-state index contributed by atoms with van der Waals surface area (Å²) in [4.78, 5) is 9.57. The molecule has 0 fully saturated rings. The van der Waals surface area contributed by atoms with Gasteiger partial charge in [0.2, 0.25) is 0 Å². The van der Waals surface area contributed by atoms with Gasteiger partial charge in [0.05, 0.1) is 11.6 Å². The largest absolute Gasteiger partial charge is 0.490 e. The molecule has 0 amide bonds. The molecular weight excluding hydrogens is 497 g/mol. The lowest BCUT2D eigenvalue weighted by molar-refractivity contribution is 0.170. The Labute approximate surface area is 203 Å². The molecule has 1 heterocycles. The van der Waals surface area contributed by atoms with Gasteiger partial charge < -0.3 is 14.5 Å². The molecule has 0 unspecified atom stereocenters. The van der Waals surface area contributed by atoms with E-state index in [0.717, 1.165) is 55.7 Å². The van der Waals surface area contributed by atoms with Gasteiger partial charge in [0.15, 0.2) is 0 Å². The molecule has 0 saturated carbocycles. The summed E-state index contributed by atoms with van der Waals surface area (Å²) in [5.74, 6) is 0.985. The molecule has 174 valence electrons. The fraction of sp³-hybridized carbons (Fsp3) is 0.654. The predicted molar refractivity (Wildman–Crippen MR) is 142 cm³/mol. The number of hydrogen-bond acceptors (Lipinski definition) is 4. The van der Waals surface area contributed by atoms with Crippen molar-refractivity contribution in [3.8, 4) is 5.75 Å². The van der Waals surface area contributed by atoms with Crippen LogP contribution < -0.4 is 4.74 Å². The molecule has 1 aromatic heterocycles. The van der Waals surface area contributed by atoms with Gasteiger partial charge in [-0.15, -0.1) is 0 Å². The highest BCUT2D eigenvalue weighted by molar-refractivity contribution is 14.1. The van der Waals surface area contributed by atoms with Crippen molar-refractivity contribution in [1.29, 1.82) is 0 Å². The highest BCUT2D eigenvalue weighted by atomic mass is 127. The highest BCUT2D eigenvalue weighted by Gasteiger charge is 2.14. The Bertz CT molecular complexity index is 727. The smallest absolute Gasteiger partial charge is 0.130 e. The maximum absolute atomic E-state index is 6.62. The van der Waals surface area contributed by atoms with E-state index in [1.807, 2.05) is 12.3 Å². The number of pyridine rings is 1. The van der Waals surface area contributed by atoms with Gasteiger partial charge in [-0.3, -0.25) is 4.98 Å². The number of ether oxygens (including phenoxy) is 1. The van der Waals surface area contributed by atoms with Crippen LogP contribution in [0, 0.1) is 3.57 Å². The van der Waals surface area contributed by atoms with Gasteiger partial charge in [0, 0.05) is 15.2 Å². The number of unbranched alkanes of at least 4 members (excludes halogenated alkanes) is 2. The number of fused-ring (bicyclic) bond motifs is 1. The quantitative estimate of drug-likeness (QED) is 0.177. The molecule has 2 aromatic rings. The summed E-state index contributed by atoms with van der Waals surface area (Å²) in [6.07, 6.45) is 9.34. The van der Waals surface area contributed by atoms with Crippen molar-refractivity contribution < 1.29 is 4.74 Å². The average Bonchev–Trinajstić information content (AvgIpc) is 2.79. The van der Waals surface area contributed by atoms with E-state index in [9.17, 15) is 0 Å². The molecule has 0 bridgehead atoms. The zero-order valence-electron chi connectivity index (χ0n) is 20.1. The molecule has 0 spiro atoms. The van der Waals surface area contributed by atoms with E-state index in [1.54, 1.807) is 0 Å². The Morgan fingerprint density at radius 2 is 1.42 bits per heavy atom. The lowest BCUT2D eigenvalue weighted by atomic mass is 10.0. The number of aromatic nitrogens is 1. The maximum Gasteiger partial charge on any atom is 0.130 e. The van der Waals surface area contributed by atoms with E-state index >= 15 is 0 Å². The van der Waals surface area contributed by atoms with Crippen molar-refractivity contribution in [2.75, 3.05) is 39.3 Å². The molecule has 0 aliphatic heterocycles. The first-order valence-corrected chi connectivity index (χ1v) is 13.3. The Kier molecular flexibility index (Phi) is 12.8. The van der Waals surface area contributed by atoms with Crippen LogP contribution in [0.3, 0.4) is 0 Å². The van der Waals surface area contributed by atoms with Gasteiger partial charge in [-0.1, -0.05) is 27.7 Å². The topological polar surface area (TPSA) is 28.6 Å². The van der Waals surface area contributed by atoms with E-state index in [1.165, 1.54) is 42.3 Å². The summed E-state index contributed by atoms with van der Waals surface area (Å²) in [7, 11) is 0. The lowest BCUT2D eigenvalue weighted by Crippen LogP contribution is -2.25. The van der Waals surface area contributed by atoms with E-state index in [2.05, 4.69) is 83.3 Å². The molecule has 4 nitrogen and oxygen atoms in total. The van der Waals surface area contributed by atoms with Crippen molar-refractivity contribution >= 4 is 33.5 Å². The molecule has 0 N–H and O–H groups in total. The van der Waals surface area contributed by atoms with Gasteiger partial charge in [-0.2, -0.15) is 0 Å². The van der Waals surface area contributed by atoms with Crippen LogP contribution in [0.25, 0.3) is 10.9 Å². The molecule has 0 atom stereocenters. The first-order valence-electron chi connectivity index (χ1n) is 12.3. The molecule has 2 rings (SSSR count). The number of nitrogens with zero attached hydrogens (tertiary/aromatic N) is 3. The average molecular weight is 540 g/mol. The minimum atomic E-state index is 0.276. The first kappa shape index (κ1) is 26.3. The van der Waals surface area contributed by atoms with Crippen LogP contribution in [0.5, 0.6) is 5.75 Å². The summed E-state index contributed by atoms with van der Waals surface area (Å²) >= 11 is 2.34. The molecule has 31 heavy (non-hydrogen) atoms. The van der Waals surface area contributed by atoms with Crippen LogP contribution in [0.15, 0.2) is 30.5 Å². The second kappa shape index (κ2) is 15.0. The summed E-state index contributed by atoms with van der Waals surface area (Å²) in [6.45, 7) is 16.0. The second-order valence-corrected chi connectivity index (χ2v) is 9.50. The minimum Gasteiger partial charge on any atom is -0.490 e. The van der Waals surface area contributed by atoms with E-state index < -0.39 is 0 Å². The molecule has 5 heteroatoms. The van der Waals surface area contributed by atoms with Crippen LogP contribution in [0.1, 0.15) is 66.2 Å². The molecule has 0 aliphatic rings. The van der Waals surface area contributed by atoms with Crippen LogP contribution in [-0.4, -0.2) is 60.2 Å². The van der Waals surface area contributed by atoms with Crippen molar-refractivity contribution in [3.63, 3.8) is 0 Å². The Hall–Kier alpha value is -0.920. The molecule has 0 radical (unpaired) electrons. The molecular formula is C26H42IN3O. The molecule has 0 saturated heterocycles. The van der Waals surface area contributed by atoms with E-state index in [-0.39, 0.29) is 6.10 Å². The second-order valence-electron chi connectivity index (χ2n) is 8.26. The minimum absolute atomic E-state index is 0.276. The zero-order chi connectivity index (χ0) is 22.5. The number of rotatable bonds is 16. The van der Waals surface area contributed by atoms with Crippen molar-refractivity contribution in [2.45, 2.75) is 72.3 Å². The van der Waals surface area contributed by atoms with Gasteiger partial charge in [-0.05, 0) is 125 Å². The van der Waals surface area contributed by atoms with Gasteiger partial charge in [-0.25, -0.2) is 0 Å². The summed E-state index contributed by atoms with van der Waals surface area (Å²) in [5, 5.41) is 1.12. The number of benzene rings is 1. The predicted octanol–water partition coefficient (Wildman–Crippen LogP) is 6.61. The normalized spacial score (nSPS) is 11.9. The van der Waals surface area contributed by atoms with E-state index in [4.69, 9.17) is 4.74 Å². The van der Waals surface area contributed by atoms with Crippen molar-refractivity contribution in [2.24, 2.45) is 0 Å². The lowest BCUT2D eigenvalue weighted by Gasteiger charge is -2.23. The Morgan fingerprint density at radius 3 is 1.97 bits per heavy atom. The first-order chi connectivity index (χ1) is 15.1. The third-order valence-corrected chi connectivity index (χ3v) is 6.92. The van der Waals surface area contributed by atoms with Crippen LogP contribution >= 0.6 is 22.6 Å².